The first-order chi connectivity index (χ1) is 10.8. The SMILES string of the molecule is CC(C)c1cc[c-]c(N(c2ccccc2)c2ccccc2)c1.[Li+]. The Labute approximate surface area is 151 Å². The maximum absolute atomic E-state index is 3.39. The Bertz CT molecular complexity index is 684. The average molecular weight is 293 g/mol. The van der Waals surface area contributed by atoms with Crippen molar-refractivity contribution in [1.82, 2.24) is 0 Å². The standard InChI is InChI=1S/C21H20N.Li/c1-17(2)18-10-9-15-21(16-18)22(19-11-5-3-6-12-19)20-13-7-4-8-14-20;/h3-14,16-17H,1-2H3;/q-1;+1. The van der Waals surface area contributed by atoms with Crippen molar-refractivity contribution in [3.05, 3.63) is 90.5 Å². The van der Waals surface area contributed by atoms with Crippen molar-refractivity contribution >= 4 is 17.1 Å². The van der Waals surface area contributed by atoms with Crippen molar-refractivity contribution in [1.29, 1.82) is 0 Å². The zero-order chi connectivity index (χ0) is 15.4. The fraction of sp³-hybridized carbons (Fsp3) is 0.143. The van der Waals surface area contributed by atoms with Crippen LogP contribution in [0.5, 0.6) is 0 Å². The number of nitrogens with zero attached hydrogens (tertiary/aromatic N) is 1. The molecule has 0 aliphatic rings. The molecule has 0 aliphatic carbocycles. The average Bonchev–Trinajstić information content (AvgIpc) is 2.57. The Morgan fingerprint density at radius 1 is 0.783 bits per heavy atom. The summed E-state index contributed by atoms with van der Waals surface area (Å²) < 4.78 is 0. The second kappa shape index (κ2) is 8.06. The second-order valence-corrected chi connectivity index (χ2v) is 5.67. The summed E-state index contributed by atoms with van der Waals surface area (Å²) in [6.45, 7) is 4.43. The minimum absolute atomic E-state index is 0. The van der Waals surface area contributed by atoms with Crippen LogP contribution in [0.1, 0.15) is 25.3 Å². The van der Waals surface area contributed by atoms with Gasteiger partial charge in [-0.05, 0) is 30.2 Å². The first kappa shape index (κ1) is 17.4. The van der Waals surface area contributed by atoms with Crippen molar-refractivity contribution in [2.75, 3.05) is 4.90 Å². The van der Waals surface area contributed by atoms with E-state index in [1.54, 1.807) is 0 Å². The van der Waals surface area contributed by atoms with Gasteiger partial charge in [0.15, 0.2) is 0 Å². The smallest absolute Gasteiger partial charge is 0.334 e. The molecule has 23 heavy (non-hydrogen) atoms. The molecule has 3 aromatic carbocycles. The van der Waals surface area contributed by atoms with E-state index in [2.05, 4.69) is 85.5 Å². The second-order valence-electron chi connectivity index (χ2n) is 5.67. The van der Waals surface area contributed by atoms with Crippen LogP contribution in [-0.2, 0) is 0 Å². The van der Waals surface area contributed by atoms with Crippen molar-refractivity contribution in [3.63, 3.8) is 0 Å². The predicted molar refractivity (Wildman–Crippen MR) is 94.1 cm³/mol. The molecule has 0 unspecified atom stereocenters. The van der Waals surface area contributed by atoms with Crippen LogP contribution in [0.25, 0.3) is 0 Å². The molecule has 1 nitrogen and oxygen atoms in total. The minimum atomic E-state index is 0. The number of rotatable bonds is 4. The summed E-state index contributed by atoms with van der Waals surface area (Å²) in [7, 11) is 0. The fourth-order valence-corrected chi connectivity index (χ4v) is 2.54. The van der Waals surface area contributed by atoms with E-state index < -0.39 is 0 Å². The molecule has 0 bridgehead atoms. The van der Waals surface area contributed by atoms with Crippen LogP contribution in [-0.4, -0.2) is 0 Å². The van der Waals surface area contributed by atoms with E-state index in [9.17, 15) is 0 Å². The van der Waals surface area contributed by atoms with Crippen LogP contribution in [0.15, 0.2) is 78.9 Å². The molecule has 0 atom stereocenters. The van der Waals surface area contributed by atoms with E-state index in [1.807, 2.05) is 18.2 Å². The Morgan fingerprint density at radius 2 is 1.30 bits per heavy atom. The maximum Gasteiger partial charge on any atom is 1.00 e. The summed E-state index contributed by atoms with van der Waals surface area (Å²) in [5, 5.41) is 0. The van der Waals surface area contributed by atoms with E-state index in [4.69, 9.17) is 0 Å². The molecule has 0 N–H and O–H groups in total. The molecule has 110 valence electrons. The molecule has 2 heteroatoms. The summed E-state index contributed by atoms with van der Waals surface area (Å²) >= 11 is 0. The topological polar surface area (TPSA) is 3.24 Å². The van der Waals surface area contributed by atoms with E-state index in [0.717, 1.165) is 17.1 Å². The number of para-hydroxylation sites is 2. The number of hydrogen-bond donors (Lipinski definition) is 0. The Kier molecular flexibility index (Phi) is 6.10. The van der Waals surface area contributed by atoms with Gasteiger partial charge in [0.2, 0.25) is 0 Å². The maximum atomic E-state index is 3.39. The van der Waals surface area contributed by atoms with E-state index >= 15 is 0 Å². The molecule has 3 aromatic rings. The summed E-state index contributed by atoms with van der Waals surface area (Å²) in [6.07, 6.45) is 0. The molecule has 0 heterocycles. The molecule has 0 saturated carbocycles. The van der Waals surface area contributed by atoms with Gasteiger partial charge in [-0.25, -0.2) is 0 Å². The van der Waals surface area contributed by atoms with Gasteiger partial charge in [0, 0.05) is 11.4 Å². The molecule has 0 saturated heterocycles. The van der Waals surface area contributed by atoms with Gasteiger partial charge < -0.3 is 4.90 Å². The van der Waals surface area contributed by atoms with Gasteiger partial charge in [-0.3, -0.25) is 0 Å². The third kappa shape index (κ3) is 4.08. The first-order valence-corrected chi connectivity index (χ1v) is 7.67. The molecule has 3 rings (SSSR count). The van der Waals surface area contributed by atoms with Crippen molar-refractivity contribution in [2.24, 2.45) is 0 Å². The Morgan fingerprint density at radius 3 is 1.78 bits per heavy atom. The van der Waals surface area contributed by atoms with Gasteiger partial charge in [-0.15, -0.1) is 6.07 Å². The van der Waals surface area contributed by atoms with Gasteiger partial charge in [0.05, 0.1) is 0 Å². The van der Waals surface area contributed by atoms with E-state index in [-0.39, 0.29) is 18.9 Å². The van der Waals surface area contributed by atoms with Gasteiger partial charge in [-0.2, -0.15) is 23.8 Å². The molecule has 0 aromatic heterocycles. The summed E-state index contributed by atoms with van der Waals surface area (Å²) in [6, 6.07) is 30.6. The monoisotopic (exact) mass is 293 g/mol. The van der Waals surface area contributed by atoms with Crippen molar-refractivity contribution in [2.45, 2.75) is 19.8 Å². The zero-order valence-electron chi connectivity index (χ0n) is 14.0. The minimum Gasteiger partial charge on any atom is -0.334 e. The number of hydrogen-bond acceptors (Lipinski definition) is 1. The van der Waals surface area contributed by atoms with Gasteiger partial charge >= 0.3 is 18.9 Å². The number of anilines is 3. The molecule has 0 amide bonds. The van der Waals surface area contributed by atoms with Crippen LogP contribution < -0.4 is 23.8 Å². The van der Waals surface area contributed by atoms with Crippen LogP contribution in [0, 0.1) is 6.07 Å². The van der Waals surface area contributed by atoms with Crippen LogP contribution in [0.3, 0.4) is 0 Å². The summed E-state index contributed by atoms with van der Waals surface area (Å²) in [4.78, 5) is 2.24. The van der Waals surface area contributed by atoms with Crippen molar-refractivity contribution < 1.29 is 18.9 Å². The van der Waals surface area contributed by atoms with Crippen LogP contribution in [0.4, 0.5) is 17.1 Å². The Balaban J connectivity index is 0.00000192. The first-order valence-electron chi connectivity index (χ1n) is 7.67. The van der Waals surface area contributed by atoms with Crippen LogP contribution >= 0.6 is 0 Å². The van der Waals surface area contributed by atoms with Gasteiger partial charge in [-0.1, -0.05) is 55.9 Å². The molecule has 0 radical (unpaired) electrons. The molecule has 0 aliphatic heterocycles. The third-order valence-electron chi connectivity index (χ3n) is 3.75. The Hall–Kier alpha value is -1.94. The third-order valence-corrected chi connectivity index (χ3v) is 3.75. The molecular formula is C21H20LiN. The number of benzene rings is 3. The molecule has 0 fully saturated rings. The van der Waals surface area contributed by atoms with Crippen molar-refractivity contribution in [3.8, 4) is 0 Å². The fourth-order valence-electron chi connectivity index (χ4n) is 2.54. The molecule has 0 spiro atoms. The van der Waals surface area contributed by atoms with E-state index in [1.165, 1.54) is 5.56 Å². The van der Waals surface area contributed by atoms with Gasteiger partial charge in [0.25, 0.3) is 0 Å². The zero-order valence-corrected chi connectivity index (χ0v) is 14.0. The largest absolute Gasteiger partial charge is 1.00 e. The predicted octanol–water partition coefficient (Wildman–Crippen LogP) is 3.08. The van der Waals surface area contributed by atoms with Crippen LogP contribution in [0.2, 0.25) is 0 Å². The normalized spacial score (nSPS) is 10.2. The summed E-state index contributed by atoms with van der Waals surface area (Å²) in [5.41, 5.74) is 4.69. The van der Waals surface area contributed by atoms with E-state index in [0.29, 0.717) is 5.92 Å². The summed E-state index contributed by atoms with van der Waals surface area (Å²) in [5.74, 6) is 0.502. The van der Waals surface area contributed by atoms with Gasteiger partial charge in [0.1, 0.15) is 0 Å². The molecular weight excluding hydrogens is 273 g/mol. The quantitative estimate of drug-likeness (QED) is 0.528.